The van der Waals surface area contributed by atoms with Crippen molar-refractivity contribution in [2.75, 3.05) is 11.9 Å². The van der Waals surface area contributed by atoms with E-state index in [1.807, 2.05) is 6.92 Å². The van der Waals surface area contributed by atoms with Crippen molar-refractivity contribution in [3.8, 4) is 11.5 Å². The molecule has 0 fully saturated rings. The van der Waals surface area contributed by atoms with Crippen LogP contribution in [0.4, 0.5) is 11.4 Å². The van der Waals surface area contributed by atoms with E-state index >= 15 is 0 Å². The van der Waals surface area contributed by atoms with Crippen LogP contribution < -0.4 is 14.8 Å². The number of nitro benzene ring substituents is 1. The normalized spacial score (nSPS) is 11.3. The summed E-state index contributed by atoms with van der Waals surface area (Å²) in [6.45, 7) is 7.58. The van der Waals surface area contributed by atoms with Crippen LogP contribution >= 0.6 is 0 Å². The van der Waals surface area contributed by atoms with E-state index in [0.717, 1.165) is 5.57 Å². The van der Waals surface area contributed by atoms with Gasteiger partial charge in [0.1, 0.15) is 12.4 Å². The van der Waals surface area contributed by atoms with E-state index in [4.69, 9.17) is 9.47 Å². The van der Waals surface area contributed by atoms with Crippen LogP contribution in [0, 0.1) is 10.1 Å². The molecule has 2 rings (SSSR count). The number of carbonyl (C=O) groups is 1. The number of para-hydroxylation sites is 2. The second-order valence-corrected chi connectivity index (χ2v) is 5.74. The monoisotopic (exact) mass is 356 g/mol. The molecule has 7 nitrogen and oxygen atoms in total. The number of carbonyl (C=O) groups excluding carboxylic acids is 1. The fourth-order valence-electron chi connectivity index (χ4n) is 2.04. The van der Waals surface area contributed by atoms with Crippen LogP contribution in [0.5, 0.6) is 11.5 Å². The lowest BCUT2D eigenvalue weighted by Crippen LogP contribution is -2.30. The number of amides is 1. The molecule has 0 heterocycles. The number of ether oxygens (including phenoxy) is 2. The molecular formula is C19H20N2O5. The summed E-state index contributed by atoms with van der Waals surface area (Å²) in [6.07, 6.45) is -0.907. The first kappa shape index (κ1) is 19.0. The number of hydrogen-bond acceptors (Lipinski definition) is 5. The van der Waals surface area contributed by atoms with Gasteiger partial charge in [-0.25, -0.2) is 0 Å². The van der Waals surface area contributed by atoms with Crippen LogP contribution in [0.15, 0.2) is 60.7 Å². The first-order chi connectivity index (χ1) is 12.4. The Morgan fingerprint density at radius 2 is 1.88 bits per heavy atom. The van der Waals surface area contributed by atoms with Gasteiger partial charge in [-0.05, 0) is 49.8 Å². The Hall–Kier alpha value is -3.35. The average molecular weight is 356 g/mol. The molecule has 1 amide bonds. The van der Waals surface area contributed by atoms with Crippen LogP contribution in [-0.2, 0) is 4.79 Å². The van der Waals surface area contributed by atoms with Crippen molar-refractivity contribution < 1.29 is 19.2 Å². The Balaban J connectivity index is 1.97. The van der Waals surface area contributed by atoms with Gasteiger partial charge in [0.25, 0.3) is 5.91 Å². The molecule has 0 aliphatic carbocycles. The lowest BCUT2D eigenvalue weighted by atomic mass is 10.2. The van der Waals surface area contributed by atoms with E-state index in [1.54, 1.807) is 30.3 Å². The Kier molecular flexibility index (Phi) is 6.32. The zero-order valence-corrected chi connectivity index (χ0v) is 14.6. The Morgan fingerprint density at radius 1 is 1.23 bits per heavy atom. The van der Waals surface area contributed by atoms with E-state index in [9.17, 15) is 14.9 Å². The summed E-state index contributed by atoms with van der Waals surface area (Å²) < 4.78 is 10.9. The minimum Gasteiger partial charge on any atom is -0.489 e. The summed E-state index contributed by atoms with van der Waals surface area (Å²) in [5.41, 5.74) is 1.28. The van der Waals surface area contributed by atoms with Gasteiger partial charge >= 0.3 is 5.69 Å². The molecule has 2 aromatic rings. The number of anilines is 1. The lowest BCUT2D eigenvalue weighted by molar-refractivity contribution is -0.386. The highest BCUT2D eigenvalue weighted by Crippen LogP contribution is 2.27. The molecule has 0 spiro atoms. The Labute approximate surface area is 151 Å². The molecule has 2 aromatic carbocycles. The van der Waals surface area contributed by atoms with E-state index in [2.05, 4.69) is 11.9 Å². The molecular weight excluding hydrogens is 336 g/mol. The highest BCUT2D eigenvalue weighted by molar-refractivity contribution is 5.94. The zero-order valence-electron chi connectivity index (χ0n) is 14.6. The second-order valence-electron chi connectivity index (χ2n) is 5.74. The fraction of sp³-hybridized carbons (Fsp3) is 0.211. The van der Waals surface area contributed by atoms with Gasteiger partial charge in [-0.2, -0.15) is 0 Å². The summed E-state index contributed by atoms with van der Waals surface area (Å²) in [7, 11) is 0. The molecule has 26 heavy (non-hydrogen) atoms. The van der Waals surface area contributed by atoms with Crippen molar-refractivity contribution >= 4 is 17.3 Å². The van der Waals surface area contributed by atoms with Crippen molar-refractivity contribution in [1.82, 2.24) is 0 Å². The van der Waals surface area contributed by atoms with Gasteiger partial charge in [-0.1, -0.05) is 18.7 Å². The predicted octanol–water partition coefficient (Wildman–Crippen LogP) is 3.96. The van der Waals surface area contributed by atoms with Crippen molar-refractivity contribution in [3.05, 3.63) is 70.8 Å². The molecule has 0 radical (unpaired) electrons. The molecule has 7 heteroatoms. The summed E-state index contributed by atoms with van der Waals surface area (Å²) >= 11 is 0. The third-order valence-corrected chi connectivity index (χ3v) is 3.34. The highest BCUT2D eigenvalue weighted by Gasteiger charge is 2.20. The van der Waals surface area contributed by atoms with Crippen LogP contribution in [-0.4, -0.2) is 23.5 Å². The van der Waals surface area contributed by atoms with Gasteiger partial charge in [-0.15, -0.1) is 0 Å². The van der Waals surface area contributed by atoms with Crippen molar-refractivity contribution in [2.24, 2.45) is 0 Å². The molecule has 1 N–H and O–H groups in total. The van der Waals surface area contributed by atoms with Crippen molar-refractivity contribution in [1.29, 1.82) is 0 Å². The zero-order chi connectivity index (χ0) is 19.1. The van der Waals surface area contributed by atoms with Gasteiger partial charge in [0.05, 0.1) is 4.92 Å². The smallest absolute Gasteiger partial charge is 0.310 e. The minimum atomic E-state index is -0.907. The first-order valence-electron chi connectivity index (χ1n) is 7.95. The Bertz CT molecular complexity index is 802. The lowest BCUT2D eigenvalue weighted by Gasteiger charge is -2.15. The van der Waals surface area contributed by atoms with Gasteiger partial charge in [0.15, 0.2) is 11.9 Å². The third kappa shape index (κ3) is 5.34. The minimum absolute atomic E-state index is 0.0451. The summed E-state index contributed by atoms with van der Waals surface area (Å²) in [5, 5.41) is 13.7. The average Bonchev–Trinajstić information content (AvgIpc) is 2.61. The maximum atomic E-state index is 12.2. The van der Waals surface area contributed by atoms with Crippen LogP contribution in [0.3, 0.4) is 0 Å². The number of nitro groups is 1. The molecule has 0 aliphatic rings. The van der Waals surface area contributed by atoms with E-state index in [0.29, 0.717) is 18.0 Å². The summed E-state index contributed by atoms with van der Waals surface area (Å²) in [4.78, 5) is 22.7. The Morgan fingerprint density at radius 3 is 2.50 bits per heavy atom. The van der Waals surface area contributed by atoms with Gasteiger partial charge in [-0.3, -0.25) is 14.9 Å². The number of rotatable bonds is 8. The molecule has 0 aliphatic heterocycles. The second kappa shape index (κ2) is 8.66. The van der Waals surface area contributed by atoms with Crippen molar-refractivity contribution in [2.45, 2.75) is 20.0 Å². The maximum Gasteiger partial charge on any atom is 0.310 e. The quantitative estimate of drug-likeness (QED) is 0.439. The topological polar surface area (TPSA) is 90.7 Å². The van der Waals surface area contributed by atoms with Gasteiger partial charge < -0.3 is 14.8 Å². The molecule has 1 unspecified atom stereocenters. The third-order valence-electron chi connectivity index (χ3n) is 3.34. The first-order valence-corrected chi connectivity index (χ1v) is 7.95. The van der Waals surface area contributed by atoms with Crippen LogP contribution in [0.25, 0.3) is 0 Å². The van der Waals surface area contributed by atoms with Gasteiger partial charge in [0.2, 0.25) is 0 Å². The molecule has 136 valence electrons. The summed E-state index contributed by atoms with van der Waals surface area (Å²) in [5.74, 6) is 0.289. The molecule has 0 aromatic heterocycles. The van der Waals surface area contributed by atoms with Crippen LogP contribution in [0.1, 0.15) is 13.8 Å². The number of hydrogen-bond donors (Lipinski definition) is 1. The molecule has 0 bridgehead atoms. The highest BCUT2D eigenvalue weighted by atomic mass is 16.6. The van der Waals surface area contributed by atoms with E-state index < -0.39 is 16.9 Å². The molecule has 0 saturated carbocycles. The van der Waals surface area contributed by atoms with Crippen LogP contribution in [0.2, 0.25) is 0 Å². The number of nitrogens with one attached hydrogen (secondary N) is 1. The summed E-state index contributed by atoms with van der Waals surface area (Å²) in [6, 6.07) is 12.8. The maximum absolute atomic E-state index is 12.2. The standard InChI is InChI=1S/C19H20N2O5/c1-13(2)12-25-16-10-8-15(9-11-16)20-19(22)14(3)26-18-7-5-4-6-17(18)21(23)24/h4-11,14H,1,12H2,2-3H3,(H,20,22). The molecule has 1 atom stereocenters. The van der Waals surface area contributed by atoms with Gasteiger partial charge in [0, 0.05) is 11.8 Å². The molecule has 0 saturated heterocycles. The van der Waals surface area contributed by atoms with E-state index in [1.165, 1.54) is 25.1 Å². The largest absolute Gasteiger partial charge is 0.489 e. The number of nitrogens with zero attached hydrogens (tertiary/aromatic N) is 1. The fourth-order valence-corrected chi connectivity index (χ4v) is 2.04. The van der Waals surface area contributed by atoms with Crippen molar-refractivity contribution in [3.63, 3.8) is 0 Å². The number of benzene rings is 2. The SMILES string of the molecule is C=C(C)COc1ccc(NC(=O)C(C)Oc2ccccc2[N+](=O)[O-])cc1. The predicted molar refractivity (Wildman–Crippen MR) is 98.6 cm³/mol. The van der Waals surface area contributed by atoms with E-state index in [-0.39, 0.29) is 11.4 Å².